The van der Waals surface area contributed by atoms with Crippen LogP contribution in [0.1, 0.15) is 48.9 Å². The Bertz CT molecular complexity index is 1410. The van der Waals surface area contributed by atoms with Gasteiger partial charge >= 0.3 is 0 Å². The second-order valence-corrected chi connectivity index (χ2v) is 8.17. The number of anilines is 1. The number of nitrogens with two attached hydrogens (primary N) is 1. The van der Waals surface area contributed by atoms with E-state index in [1.165, 1.54) is 36.1 Å². The van der Waals surface area contributed by atoms with Gasteiger partial charge in [-0.05, 0) is 44.2 Å². The Hall–Kier alpha value is -4.02. The molecule has 1 aromatic carbocycles. The van der Waals surface area contributed by atoms with Gasteiger partial charge in [0.2, 0.25) is 5.88 Å². The second-order valence-electron chi connectivity index (χ2n) is 8.17. The molecule has 11 heteroatoms. The Morgan fingerprint density at radius 2 is 2.03 bits per heavy atom. The highest BCUT2D eigenvalue weighted by Gasteiger charge is 2.27. The quantitative estimate of drug-likeness (QED) is 0.446. The molecule has 1 aliphatic heterocycles. The highest BCUT2D eigenvalue weighted by atomic mass is 19.3. The Balaban J connectivity index is 1.85. The van der Waals surface area contributed by atoms with Gasteiger partial charge in [-0.3, -0.25) is 4.68 Å². The molecular weight excluding hydrogens is 461 g/mol. The Morgan fingerprint density at radius 1 is 1.23 bits per heavy atom. The number of hydrogen-bond acceptors (Lipinski definition) is 6. The van der Waals surface area contributed by atoms with Crippen LogP contribution < -0.4 is 15.2 Å². The minimum Gasteiger partial charge on any atom is -0.482 e. The van der Waals surface area contributed by atoms with Gasteiger partial charge in [-0.1, -0.05) is 0 Å². The fourth-order valence-electron chi connectivity index (χ4n) is 4.39. The van der Waals surface area contributed by atoms with E-state index in [1.54, 1.807) is 23.9 Å². The number of hydrogen-bond donors (Lipinski definition) is 1. The molecule has 1 unspecified atom stereocenters. The lowest BCUT2D eigenvalue weighted by Crippen LogP contribution is -2.14. The number of methoxy groups -OCH3 is 1. The SMILES string of the molecule is CCn1nc(OC)c2c1-c1cnc(N)c(c1)OC(C)c1cc(F)ccc1-n1nc(C(F)F)cc1C2. The van der Waals surface area contributed by atoms with E-state index in [4.69, 9.17) is 15.2 Å². The summed E-state index contributed by atoms with van der Waals surface area (Å²) < 4.78 is 56.6. The molecule has 0 fully saturated rings. The number of benzene rings is 1. The molecule has 1 atom stereocenters. The first kappa shape index (κ1) is 22.8. The van der Waals surface area contributed by atoms with E-state index < -0.39 is 24.0 Å². The summed E-state index contributed by atoms with van der Waals surface area (Å²) in [6.45, 7) is 4.17. The maximum Gasteiger partial charge on any atom is 0.282 e. The van der Waals surface area contributed by atoms with Crippen LogP contribution in [0.4, 0.5) is 19.0 Å². The number of halogens is 3. The minimum absolute atomic E-state index is 0.159. The summed E-state index contributed by atoms with van der Waals surface area (Å²) >= 11 is 0. The molecule has 8 nitrogen and oxygen atoms in total. The topological polar surface area (TPSA) is 93.0 Å². The molecule has 0 amide bonds. The summed E-state index contributed by atoms with van der Waals surface area (Å²) in [7, 11) is 1.50. The lowest BCUT2D eigenvalue weighted by molar-refractivity contribution is 0.145. The zero-order valence-corrected chi connectivity index (χ0v) is 19.3. The predicted molar refractivity (Wildman–Crippen MR) is 122 cm³/mol. The number of aromatic nitrogens is 5. The highest BCUT2D eigenvalue weighted by Crippen LogP contribution is 2.39. The Kier molecular flexibility index (Phi) is 5.62. The van der Waals surface area contributed by atoms with Crippen LogP contribution in [0, 0.1) is 5.82 Å². The van der Waals surface area contributed by atoms with Crippen LogP contribution in [0.25, 0.3) is 16.9 Å². The van der Waals surface area contributed by atoms with E-state index in [2.05, 4.69) is 15.2 Å². The normalized spacial score (nSPS) is 14.9. The molecule has 182 valence electrons. The number of alkyl halides is 2. The molecule has 2 N–H and O–H groups in total. The van der Waals surface area contributed by atoms with Crippen molar-refractivity contribution in [2.75, 3.05) is 12.8 Å². The van der Waals surface area contributed by atoms with Crippen LogP contribution in [0.5, 0.6) is 11.6 Å². The molecule has 0 saturated carbocycles. The number of ether oxygens (including phenoxy) is 2. The number of rotatable bonds is 3. The van der Waals surface area contributed by atoms with Crippen molar-refractivity contribution in [2.45, 2.75) is 39.3 Å². The van der Waals surface area contributed by atoms with E-state index in [9.17, 15) is 13.2 Å². The second kappa shape index (κ2) is 8.64. The monoisotopic (exact) mass is 484 g/mol. The fourth-order valence-corrected chi connectivity index (χ4v) is 4.39. The molecule has 4 aromatic rings. The molecular formula is C24H23F3N6O2. The number of nitrogens with zero attached hydrogens (tertiary/aromatic N) is 5. The summed E-state index contributed by atoms with van der Waals surface area (Å²) in [6, 6.07) is 7.13. The van der Waals surface area contributed by atoms with Crippen LogP contribution >= 0.6 is 0 Å². The van der Waals surface area contributed by atoms with Crippen molar-refractivity contribution < 1.29 is 22.6 Å². The summed E-state index contributed by atoms with van der Waals surface area (Å²) in [4.78, 5) is 4.30. The largest absolute Gasteiger partial charge is 0.482 e. The van der Waals surface area contributed by atoms with E-state index in [-0.39, 0.29) is 12.2 Å². The van der Waals surface area contributed by atoms with Crippen molar-refractivity contribution in [1.29, 1.82) is 0 Å². The van der Waals surface area contributed by atoms with Crippen LogP contribution in [0.2, 0.25) is 0 Å². The van der Waals surface area contributed by atoms with Crippen molar-refractivity contribution in [3.8, 4) is 28.6 Å². The van der Waals surface area contributed by atoms with Crippen molar-refractivity contribution >= 4 is 5.82 Å². The molecule has 2 bridgehead atoms. The van der Waals surface area contributed by atoms with Gasteiger partial charge in [-0.25, -0.2) is 22.8 Å². The lowest BCUT2D eigenvalue weighted by Gasteiger charge is -2.22. The van der Waals surface area contributed by atoms with Gasteiger partial charge in [0, 0.05) is 41.5 Å². The van der Waals surface area contributed by atoms with Gasteiger partial charge in [0.1, 0.15) is 17.6 Å². The first-order valence-electron chi connectivity index (χ1n) is 11.0. The molecule has 1 aliphatic rings. The smallest absolute Gasteiger partial charge is 0.282 e. The van der Waals surface area contributed by atoms with Gasteiger partial charge < -0.3 is 15.2 Å². The molecule has 4 heterocycles. The number of aryl methyl sites for hydroxylation is 1. The first-order chi connectivity index (χ1) is 16.8. The van der Waals surface area contributed by atoms with E-state index in [0.29, 0.717) is 51.9 Å². The fraction of sp³-hybridized carbons (Fsp3) is 0.292. The van der Waals surface area contributed by atoms with Gasteiger partial charge in [-0.2, -0.15) is 5.10 Å². The molecule has 3 aromatic heterocycles. The molecule has 0 aliphatic carbocycles. The van der Waals surface area contributed by atoms with Crippen LogP contribution in [0.3, 0.4) is 0 Å². The average Bonchev–Trinajstić information content (AvgIpc) is 3.41. The average molecular weight is 484 g/mol. The third-order valence-electron chi connectivity index (χ3n) is 6.00. The first-order valence-corrected chi connectivity index (χ1v) is 11.0. The van der Waals surface area contributed by atoms with E-state index >= 15 is 0 Å². The number of pyridine rings is 1. The van der Waals surface area contributed by atoms with Crippen LogP contribution in [0.15, 0.2) is 36.5 Å². The van der Waals surface area contributed by atoms with Crippen LogP contribution in [-0.4, -0.2) is 31.7 Å². The lowest BCUT2D eigenvalue weighted by atomic mass is 10.0. The zero-order valence-electron chi connectivity index (χ0n) is 19.3. The van der Waals surface area contributed by atoms with Gasteiger partial charge in [0.05, 0.1) is 18.5 Å². The van der Waals surface area contributed by atoms with Gasteiger partial charge in [0.15, 0.2) is 11.6 Å². The standard InChI is InChI=1S/C24H23F3N6O2/c1-4-32-21-13-7-20(23(28)29-11-13)35-12(2)16-8-14(25)5-6-19(16)33-15(10-18(30-33)22(26)27)9-17(21)24(31-32)34-3/h5-8,10-12,22H,4,9H2,1-3H3,(H2,28,29). The third-order valence-corrected chi connectivity index (χ3v) is 6.00. The molecule has 0 saturated heterocycles. The van der Waals surface area contributed by atoms with Crippen molar-refractivity contribution in [1.82, 2.24) is 24.5 Å². The van der Waals surface area contributed by atoms with E-state index in [1.807, 2.05) is 6.92 Å². The summed E-state index contributed by atoms with van der Waals surface area (Å²) in [5, 5.41) is 8.72. The summed E-state index contributed by atoms with van der Waals surface area (Å²) in [6.07, 6.45) is -1.72. The predicted octanol–water partition coefficient (Wildman–Crippen LogP) is 4.86. The summed E-state index contributed by atoms with van der Waals surface area (Å²) in [5.41, 5.74) is 9.00. The maximum atomic E-state index is 14.3. The Morgan fingerprint density at radius 3 is 2.74 bits per heavy atom. The minimum atomic E-state index is -2.79. The van der Waals surface area contributed by atoms with Crippen LogP contribution in [-0.2, 0) is 13.0 Å². The maximum absolute atomic E-state index is 14.3. The highest BCUT2D eigenvalue weighted by molar-refractivity contribution is 5.70. The zero-order chi connectivity index (χ0) is 24.9. The molecule has 35 heavy (non-hydrogen) atoms. The Labute approximate surface area is 199 Å². The number of fused-ring (bicyclic) bond motifs is 7. The van der Waals surface area contributed by atoms with Crippen molar-refractivity contribution in [3.63, 3.8) is 0 Å². The van der Waals surface area contributed by atoms with Gasteiger partial charge in [0.25, 0.3) is 6.43 Å². The number of nitrogen functional groups attached to an aromatic ring is 1. The molecule has 0 radical (unpaired) electrons. The summed E-state index contributed by atoms with van der Waals surface area (Å²) in [5.74, 6) is 0.305. The van der Waals surface area contributed by atoms with Crippen molar-refractivity contribution in [3.05, 3.63) is 64.9 Å². The van der Waals surface area contributed by atoms with Gasteiger partial charge in [-0.15, -0.1) is 5.10 Å². The molecule has 5 rings (SSSR count). The van der Waals surface area contributed by atoms with Crippen molar-refractivity contribution in [2.24, 2.45) is 0 Å². The molecule has 0 spiro atoms. The van der Waals surface area contributed by atoms with E-state index in [0.717, 1.165) is 0 Å². The third kappa shape index (κ3) is 3.86.